The molecule has 1 aromatic rings. The summed E-state index contributed by atoms with van der Waals surface area (Å²) in [6.07, 6.45) is 4.68. The second kappa shape index (κ2) is 6.21. The maximum atomic E-state index is 4.78. The lowest BCUT2D eigenvalue weighted by atomic mass is 10.1. The largest absolute Gasteiger partial charge is 0.317 e. The zero-order valence-corrected chi connectivity index (χ0v) is 13.7. The van der Waals surface area contributed by atoms with Crippen molar-refractivity contribution in [3.63, 3.8) is 0 Å². The van der Waals surface area contributed by atoms with Crippen LogP contribution in [0.1, 0.15) is 68.7 Å². The Kier molecular flexibility index (Phi) is 4.79. The average molecular weight is 275 g/mol. The summed E-state index contributed by atoms with van der Waals surface area (Å²) in [5, 5.41) is 3.45. The normalized spacial score (nSPS) is 20.1. The predicted octanol–water partition coefficient (Wildman–Crippen LogP) is 3.54. The molecule has 3 nitrogen and oxygen atoms in total. The minimum Gasteiger partial charge on any atom is -0.317 e. The number of nitrogens with one attached hydrogen (secondary N) is 1. The van der Waals surface area contributed by atoms with Gasteiger partial charge in [0, 0.05) is 17.3 Å². The van der Waals surface area contributed by atoms with E-state index in [1.165, 1.54) is 36.2 Å². The summed E-state index contributed by atoms with van der Waals surface area (Å²) in [6.45, 7) is 13.3. The van der Waals surface area contributed by atoms with Gasteiger partial charge in [0.25, 0.3) is 0 Å². The number of hydrogen-bond donors (Lipinski definition) is 1. The van der Waals surface area contributed by atoms with Gasteiger partial charge in [0.1, 0.15) is 5.82 Å². The fourth-order valence-corrected chi connectivity index (χ4v) is 2.88. The van der Waals surface area contributed by atoms with Crippen molar-refractivity contribution in [2.24, 2.45) is 5.41 Å². The highest BCUT2D eigenvalue weighted by atomic mass is 14.9. The molecular weight excluding hydrogens is 246 g/mol. The van der Waals surface area contributed by atoms with E-state index in [2.05, 4.69) is 39.9 Å². The van der Waals surface area contributed by atoms with E-state index in [0.717, 1.165) is 25.3 Å². The molecule has 0 aliphatic heterocycles. The summed E-state index contributed by atoms with van der Waals surface area (Å²) in [4.78, 5) is 9.55. The molecule has 3 heteroatoms. The average Bonchev–Trinajstić information content (AvgIpc) is 3.01. The molecule has 0 spiro atoms. The summed E-state index contributed by atoms with van der Waals surface area (Å²) in [6, 6.07) is 0. The molecule has 1 fully saturated rings. The van der Waals surface area contributed by atoms with E-state index in [9.17, 15) is 0 Å². The Morgan fingerprint density at radius 2 is 1.75 bits per heavy atom. The van der Waals surface area contributed by atoms with Crippen LogP contribution in [0.15, 0.2) is 0 Å². The number of aryl methyl sites for hydroxylation is 2. The highest BCUT2D eigenvalue weighted by Crippen LogP contribution is 2.57. The molecule has 0 bridgehead atoms. The molecule has 20 heavy (non-hydrogen) atoms. The molecule has 1 unspecified atom stereocenters. The van der Waals surface area contributed by atoms with Crippen molar-refractivity contribution < 1.29 is 0 Å². The lowest BCUT2D eigenvalue weighted by Gasteiger charge is -2.12. The Morgan fingerprint density at radius 3 is 2.25 bits per heavy atom. The number of nitrogens with zero attached hydrogens (tertiary/aromatic N) is 2. The van der Waals surface area contributed by atoms with Crippen LogP contribution in [0.2, 0.25) is 0 Å². The minimum atomic E-state index is 0.407. The van der Waals surface area contributed by atoms with Crippen LogP contribution in [-0.2, 0) is 6.42 Å². The number of hydrogen-bond acceptors (Lipinski definition) is 3. The van der Waals surface area contributed by atoms with Gasteiger partial charge < -0.3 is 5.32 Å². The van der Waals surface area contributed by atoms with Crippen LogP contribution in [0.4, 0.5) is 0 Å². The van der Waals surface area contributed by atoms with Gasteiger partial charge >= 0.3 is 0 Å². The molecule has 1 aliphatic rings. The Hall–Kier alpha value is -0.960. The summed E-state index contributed by atoms with van der Waals surface area (Å²) < 4.78 is 0. The molecule has 1 aromatic heterocycles. The van der Waals surface area contributed by atoms with Crippen molar-refractivity contribution in [1.29, 1.82) is 0 Å². The van der Waals surface area contributed by atoms with E-state index in [0.29, 0.717) is 11.3 Å². The van der Waals surface area contributed by atoms with Crippen LogP contribution in [0.3, 0.4) is 0 Å². The standard InChI is InChI=1S/C17H29N3/c1-6-9-18-10-7-8-14-12(2)19-16(20-13(14)3)15-11-17(15,4)5/h15,18H,6-11H2,1-5H3. The lowest BCUT2D eigenvalue weighted by Crippen LogP contribution is -2.17. The van der Waals surface area contributed by atoms with Crippen LogP contribution in [-0.4, -0.2) is 23.1 Å². The van der Waals surface area contributed by atoms with Gasteiger partial charge in [0.2, 0.25) is 0 Å². The Labute approximate surface area is 123 Å². The van der Waals surface area contributed by atoms with Gasteiger partial charge in [0.05, 0.1) is 0 Å². The highest BCUT2D eigenvalue weighted by molar-refractivity contribution is 5.27. The van der Waals surface area contributed by atoms with Crippen molar-refractivity contribution in [1.82, 2.24) is 15.3 Å². The fraction of sp³-hybridized carbons (Fsp3) is 0.765. The van der Waals surface area contributed by atoms with E-state index in [1.54, 1.807) is 0 Å². The van der Waals surface area contributed by atoms with Crippen LogP contribution >= 0.6 is 0 Å². The monoisotopic (exact) mass is 275 g/mol. The first-order valence-corrected chi connectivity index (χ1v) is 8.00. The molecule has 1 heterocycles. The third-order valence-corrected chi connectivity index (χ3v) is 4.47. The van der Waals surface area contributed by atoms with Crippen molar-refractivity contribution in [2.75, 3.05) is 13.1 Å². The molecule has 0 aromatic carbocycles. The van der Waals surface area contributed by atoms with E-state index in [-0.39, 0.29) is 0 Å². The zero-order valence-electron chi connectivity index (χ0n) is 13.7. The molecular formula is C17H29N3. The van der Waals surface area contributed by atoms with Crippen molar-refractivity contribution >= 4 is 0 Å². The maximum Gasteiger partial charge on any atom is 0.132 e. The van der Waals surface area contributed by atoms with Crippen LogP contribution in [0, 0.1) is 19.3 Å². The third kappa shape index (κ3) is 3.57. The van der Waals surface area contributed by atoms with Gasteiger partial charge in [0.15, 0.2) is 0 Å². The quantitative estimate of drug-likeness (QED) is 0.773. The van der Waals surface area contributed by atoms with E-state index >= 15 is 0 Å². The van der Waals surface area contributed by atoms with E-state index in [4.69, 9.17) is 9.97 Å². The SMILES string of the molecule is CCCNCCCc1c(C)nc(C2CC2(C)C)nc1C. The molecule has 1 aliphatic carbocycles. The van der Waals surface area contributed by atoms with Crippen LogP contribution in [0.5, 0.6) is 0 Å². The molecule has 0 radical (unpaired) electrons. The van der Waals surface area contributed by atoms with Crippen molar-refractivity contribution in [3.05, 3.63) is 22.8 Å². The highest BCUT2D eigenvalue weighted by Gasteiger charge is 2.48. The first-order valence-electron chi connectivity index (χ1n) is 8.00. The maximum absolute atomic E-state index is 4.78. The Bertz CT molecular complexity index is 442. The molecule has 112 valence electrons. The molecule has 1 N–H and O–H groups in total. The van der Waals surface area contributed by atoms with Gasteiger partial charge in [-0.05, 0) is 63.6 Å². The molecule has 0 saturated heterocycles. The summed E-state index contributed by atoms with van der Waals surface area (Å²) in [7, 11) is 0. The van der Waals surface area contributed by atoms with Crippen molar-refractivity contribution in [3.8, 4) is 0 Å². The number of rotatable bonds is 7. The second-order valence-corrected chi connectivity index (χ2v) is 6.83. The van der Waals surface area contributed by atoms with E-state index < -0.39 is 0 Å². The molecule has 0 amide bonds. The molecule has 1 atom stereocenters. The zero-order chi connectivity index (χ0) is 14.8. The third-order valence-electron chi connectivity index (χ3n) is 4.47. The van der Waals surface area contributed by atoms with Gasteiger partial charge in [-0.25, -0.2) is 9.97 Å². The van der Waals surface area contributed by atoms with E-state index in [1.807, 2.05) is 0 Å². The van der Waals surface area contributed by atoms with Crippen LogP contribution < -0.4 is 5.32 Å². The van der Waals surface area contributed by atoms with Gasteiger partial charge in [-0.3, -0.25) is 0 Å². The minimum absolute atomic E-state index is 0.407. The smallest absolute Gasteiger partial charge is 0.132 e. The van der Waals surface area contributed by atoms with Gasteiger partial charge in [-0.15, -0.1) is 0 Å². The van der Waals surface area contributed by atoms with Crippen LogP contribution in [0.25, 0.3) is 0 Å². The Balaban J connectivity index is 1.97. The predicted molar refractivity (Wildman–Crippen MR) is 84.1 cm³/mol. The fourth-order valence-electron chi connectivity index (χ4n) is 2.88. The second-order valence-electron chi connectivity index (χ2n) is 6.83. The number of aromatic nitrogens is 2. The van der Waals surface area contributed by atoms with Crippen molar-refractivity contribution in [2.45, 2.75) is 66.2 Å². The first-order chi connectivity index (χ1) is 9.45. The summed E-state index contributed by atoms with van der Waals surface area (Å²) in [5.41, 5.74) is 4.13. The Morgan fingerprint density at radius 1 is 1.15 bits per heavy atom. The topological polar surface area (TPSA) is 37.8 Å². The molecule has 2 rings (SSSR count). The van der Waals surface area contributed by atoms with Gasteiger partial charge in [-0.2, -0.15) is 0 Å². The lowest BCUT2D eigenvalue weighted by molar-refractivity contribution is 0.603. The summed E-state index contributed by atoms with van der Waals surface area (Å²) >= 11 is 0. The molecule has 1 saturated carbocycles. The summed E-state index contributed by atoms with van der Waals surface area (Å²) in [5.74, 6) is 1.64. The van der Waals surface area contributed by atoms with Gasteiger partial charge in [-0.1, -0.05) is 20.8 Å². The first kappa shape index (κ1) is 15.4.